The molecule has 1 fully saturated rings. The zero-order valence-electron chi connectivity index (χ0n) is 26.2. The van der Waals surface area contributed by atoms with Crippen molar-refractivity contribution in [2.45, 2.75) is 90.3 Å². The fourth-order valence-corrected chi connectivity index (χ4v) is 6.61. The Hall–Kier alpha value is -4.39. The summed E-state index contributed by atoms with van der Waals surface area (Å²) in [5, 5.41) is 0. The van der Waals surface area contributed by atoms with E-state index in [2.05, 4.69) is 46.8 Å². The number of carbonyl (C=O) groups is 3. The first-order valence-electron chi connectivity index (χ1n) is 15.4. The largest absolute Gasteiger partial charge is 0.467 e. The highest BCUT2D eigenvalue weighted by atomic mass is 16.4. The molecular weight excluding hydrogens is 552 g/mol. The first-order valence-corrected chi connectivity index (χ1v) is 15.4. The second-order valence-electron chi connectivity index (χ2n) is 13.6. The van der Waals surface area contributed by atoms with Gasteiger partial charge in [-0.15, -0.1) is 0 Å². The van der Waals surface area contributed by atoms with Crippen molar-refractivity contribution in [3.05, 3.63) is 118 Å². The summed E-state index contributed by atoms with van der Waals surface area (Å²) in [6.45, 7) is 11.6. The van der Waals surface area contributed by atoms with E-state index in [-0.39, 0.29) is 42.0 Å². The third-order valence-electron chi connectivity index (χ3n) is 9.49. The number of nitrogens with zero attached hydrogens (tertiary/aromatic N) is 2. The van der Waals surface area contributed by atoms with E-state index in [1.54, 1.807) is 18.2 Å². The van der Waals surface area contributed by atoms with Crippen LogP contribution in [0, 0.1) is 6.92 Å². The van der Waals surface area contributed by atoms with Crippen LogP contribution in [0.4, 0.5) is 0 Å². The Kier molecular flexibility index (Phi) is 7.60. The van der Waals surface area contributed by atoms with Crippen molar-refractivity contribution in [1.29, 1.82) is 0 Å². The fraction of sp³-hybridized carbons (Fsp3) is 0.378. The van der Waals surface area contributed by atoms with Crippen molar-refractivity contribution in [3.8, 4) is 0 Å². The highest BCUT2D eigenvalue weighted by molar-refractivity contribution is 6.07. The Labute approximate surface area is 258 Å². The van der Waals surface area contributed by atoms with E-state index < -0.39 is 17.9 Å². The van der Waals surface area contributed by atoms with Crippen molar-refractivity contribution >= 4 is 17.7 Å². The molecule has 228 valence electrons. The molecule has 1 aliphatic carbocycles. The molecule has 0 saturated carbocycles. The summed E-state index contributed by atoms with van der Waals surface area (Å²) in [5.74, 6) is 0.149. The minimum atomic E-state index is -0.953. The molecule has 3 amide bonds. The van der Waals surface area contributed by atoms with Gasteiger partial charge in [-0.25, -0.2) is 0 Å². The van der Waals surface area contributed by atoms with E-state index in [1.807, 2.05) is 36.4 Å². The van der Waals surface area contributed by atoms with Crippen LogP contribution in [0.3, 0.4) is 0 Å². The van der Waals surface area contributed by atoms with E-state index in [9.17, 15) is 14.4 Å². The lowest BCUT2D eigenvalue weighted by molar-refractivity contribution is -0.140. The van der Waals surface area contributed by atoms with E-state index >= 15 is 0 Å². The molecule has 1 saturated heterocycles. The minimum Gasteiger partial charge on any atom is -0.467 e. The quantitative estimate of drug-likeness (QED) is 0.204. The molecule has 3 heterocycles. The molecule has 0 bridgehead atoms. The van der Waals surface area contributed by atoms with Gasteiger partial charge in [-0.2, -0.15) is 0 Å². The Balaban J connectivity index is 1.25. The van der Waals surface area contributed by atoms with Gasteiger partial charge in [0.05, 0.1) is 25.8 Å². The summed E-state index contributed by atoms with van der Waals surface area (Å²) < 4.78 is 11.7. The van der Waals surface area contributed by atoms with E-state index in [1.165, 1.54) is 38.3 Å². The standard InChI is InChI=1S/C37H40N2O5/c1-24-18-29-30(37(4,5)16-15-36(29,2)3)20-26(24)19-27-13-14-32(44-27)35(42)38(23-28-12-9-17-43-28)31-21-33(40)39(34(31)41)22-25-10-7-6-8-11-25/h6-14,17-18,20,31H,15-16,19,21-23H2,1-5H3. The van der Waals surface area contributed by atoms with Crippen LogP contribution >= 0.6 is 0 Å². The van der Waals surface area contributed by atoms with Gasteiger partial charge in [-0.3, -0.25) is 19.3 Å². The summed E-state index contributed by atoms with van der Waals surface area (Å²) >= 11 is 0. The fourth-order valence-electron chi connectivity index (χ4n) is 6.61. The Morgan fingerprint density at radius 3 is 2.30 bits per heavy atom. The minimum absolute atomic E-state index is 0.0412. The molecule has 0 N–H and O–H groups in total. The monoisotopic (exact) mass is 592 g/mol. The zero-order valence-corrected chi connectivity index (χ0v) is 26.2. The molecule has 6 rings (SSSR count). The molecule has 1 atom stereocenters. The molecule has 4 aromatic rings. The van der Waals surface area contributed by atoms with Crippen LogP contribution in [-0.2, 0) is 39.9 Å². The number of likely N-dealkylation sites (tertiary alicyclic amines) is 1. The molecular formula is C37H40N2O5. The van der Waals surface area contributed by atoms with Gasteiger partial charge >= 0.3 is 0 Å². The SMILES string of the molecule is Cc1cc2c(cc1Cc1ccc(C(=O)N(Cc3ccco3)C3CC(=O)N(Cc4ccccc4)C3=O)o1)C(C)(C)CCC2(C)C. The second kappa shape index (κ2) is 11.3. The van der Waals surface area contributed by atoms with Crippen molar-refractivity contribution in [3.63, 3.8) is 0 Å². The van der Waals surface area contributed by atoms with Crippen LogP contribution in [-0.4, -0.2) is 33.6 Å². The summed E-state index contributed by atoms with van der Waals surface area (Å²) in [6, 6.07) is 20.0. The first-order chi connectivity index (χ1) is 20.9. The molecule has 0 radical (unpaired) electrons. The predicted octanol–water partition coefficient (Wildman–Crippen LogP) is 7.09. The summed E-state index contributed by atoms with van der Waals surface area (Å²) in [5.41, 5.74) is 6.23. The summed E-state index contributed by atoms with van der Waals surface area (Å²) in [6.07, 6.45) is 4.27. The highest BCUT2D eigenvalue weighted by Gasteiger charge is 2.44. The number of carbonyl (C=O) groups excluding carboxylic acids is 3. The predicted molar refractivity (Wildman–Crippen MR) is 167 cm³/mol. The molecule has 7 heteroatoms. The average Bonchev–Trinajstić information content (AvgIpc) is 3.74. The maximum absolute atomic E-state index is 14.0. The van der Waals surface area contributed by atoms with Gasteiger partial charge in [0, 0.05) is 6.42 Å². The van der Waals surface area contributed by atoms with Crippen molar-refractivity contribution in [2.24, 2.45) is 0 Å². The van der Waals surface area contributed by atoms with Gasteiger partial charge in [0.25, 0.3) is 11.8 Å². The zero-order chi connectivity index (χ0) is 31.2. The maximum Gasteiger partial charge on any atom is 0.290 e. The number of rotatable bonds is 8. The lowest BCUT2D eigenvalue weighted by atomic mass is 9.62. The van der Waals surface area contributed by atoms with E-state index in [0.29, 0.717) is 17.9 Å². The Bertz CT molecular complexity index is 1700. The molecule has 1 aliphatic heterocycles. The van der Waals surface area contributed by atoms with E-state index in [0.717, 1.165) is 18.4 Å². The number of amides is 3. The van der Waals surface area contributed by atoms with Crippen molar-refractivity contribution in [1.82, 2.24) is 9.80 Å². The maximum atomic E-state index is 14.0. The average molecular weight is 593 g/mol. The normalized spacial score (nSPS) is 18.8. The topological polar surface area (TPSA) is 84.0 Å². The highest BCUT2D eigenvalue weighted by Crippen LogP contribution is 2.46. The third-order valence-corrected chi connectivity index (χ3v) is 9.49. The van der Waals surface area contributed by atoms with Gasteiger partial charge < -0.3 is 13.7 Å². The summed E-state index contributed by atoms with van der Waals surface area (Å²) in [4.78, 5) is 43.2. The van der Waals surface area contributed by atoms with Crippen LogP contribution in [0.25, 0.3) is 0 Å². The summed E-state index contributed by atoms with van der Waals surface area (Å²) in [7, 11) is 0. The number of imide groups is 1. The number of furan rings is 2. The first kappa shape index (κ1) is 29.7. The van der Waals surface area contributed by atoms with Crippen molar-refractivity contribution in [2.75, 3.05) is 0 Å². The van der Waals surface area contributed by atoms with Crippen LogP contribution in [0.1, 0.15) is 96.8 Å². The van der Waals surface area contributed by atoms with Gasteiger partial charge in [-0.1, -0.05) is 70.2 Å². The Morgan fingerprint density at radius 2 is 1.61 bits per heavy atom. The molecule has 2 aliphatic rings. The lowest BCUT2D eigenvalue weighted by Crippen LogP contribution is -2.44. The van der Waals surface area contributed by atoms with Crippen LogP contribution in [0.15, 0.2) is 81.8 Å². The molecule has 44 heavy (non-hydrogen) atoms. The molecule has 1 unspecified atom stereocenters. The number of hydrogen-bond donors (Lipinski definition) is 0. The van der Waals surface area contributed by atoms with Gasteiger partial charge in [0.15, 0.2) is 5.76 Å². The molecule has 2 aromatic carbocycles. The smallest absolute Gasteiger partial charge is 0.290 e. The van der Waals surface area contributed by atoms with E-state index in [4.69, 9.17) is 8.83 Å². The Morgan fingerprint density at radius 1 is 0.909 bits per heavy atom. The number of hydrogen-bond acceptors (Lipinski definition) is 5. The number of aryl methyl sites for hydroxylation is 1. The van der Waals surface area contributed by atoms with Gasteiger partial charge in [0.1, 0.15) is 17.6 Å². The third kappa shape index (κ3) is 5.63. The van der Waals surface area contributed by atoms with Crippen LogP contribution in [0.2, 0.25) is 0 Å². The van der Waals surface area contributed by atoms with Crippen molar-refractivity contribution < 1.29 is 23.2 Å². The van der Waals surface area contributed by atoms with Gasteiger partial charge in [-0.05, 0) is 82.7 Å². The van der Waals surface area contributed by atoms with Crippen LogP contribution < -0.4 is 0 Å². The second-order valence-corrected chi connectivity index (χ2v) is 13.6. The number of fused-ring (bicyclic) bond motifs is 1. The molecule has 0 spiro atoms. The number of benzene rings is 2. The molecule has 7 nitrogen and oxygen atoms in total. The lowest BCUT2D eigenvalue weighted by Gasteiger charge is -2.42. The van der Waals surface area contributed by atoms with Gasteiger partial charge in [0.2, 0.25) is 5.91 Å². The molecule has 2 aromatic heterocycles. The van der Waals surface area contributed by atoms with Crippen LogP contribution in [0.5, 0.6) is 0 Å².